The number of amidine groups is 1. The first-order chi connectivity index (χ1) is 16.1. The summed E-state index contributed by atoms with van der Waals surface area (Å²) in [7, 11) is 0. The van der Waals surface area contributed by atoms with Crippen LogP contribution in [0.4, 0.5) is 0 Å². The third-order valence-corrected chi connectivity index (χ3v) is 6.48. The summed E-state index contributed by atoms with van der Waals surface area (Å²) in [6.45, 7) is 2.55. The molecule has 6 nitrogen and oxygen atoms in total. The largest absolute Gasteiger partial charge is 0.494 e. The quantitative estimate of drug-likeness (QED) is 0.608. The van der Waals surface area contributed by atoms with E-state index in [1.165, 1.54) is 11.8 Å². The van der Waals surface area contributed by atoms with Crippen molar-refractivity contribution in [2.75, 3.05) is 6.61 Å². The Balaban J connectivity index is 1.52. The fraction of sp³-hybridized carbons (Fsp3) is 0.160. The molecule has 3 aromatic rings. The number of amides is 1. The minimum atomic E-state index is -0.456. The molecule has 0 bridgehead atoms. The molecule has 0 aromatic heterocycles. The molecule has 8 heteroatoms. The van der Waals surface area contributed by atoms with E-state index in [0.717, 1.165) is 27.5 Å². The molecule has 1 atom stereocenters. The molecule has 0 spiro atoms. The topological polar surface area (TPSA) is 66.3 Å². The minimum absolute atomic E-state index is 0.193. The van der Waals surface area contributed by atoms with Crippen molar-refractivity contribution in [2.24, 2.45) is 10.1 Å². The van der Waals surface area contributed by atoms with E-state index < -0.39 is 6.17 Å². The van der Waals surface area contributed by atoms with Gasteiger partial charge < -0.3 is 4.74 Å². The fourth-order valence-electron chi connectivity index (χ4n) is 3.74. The van der Waals surface area contributed by atoms with Crippen LogP contribution in [-0.2, 0) is 10.5 Å². The average Bonchev–Trinajstić information content (AvgIpc) is 2.84. The summed E-state index contributed by atoms with van der Waals surface area (Å²) < 4.78 is 5.57. The van der Waals surface area contributed by atoms with E-state index in [-0.39, 0.29) is 5.91 Å². The van der Waals surface area contributed by atoms with Crippen LogP contribution in [0.2, 0.25) is 5.02 Å². The number of hydrogen-bond acceptors (Lipinski definition) is 6. The maximum Gasteiger partial charge on any atom is 0.276 e. The summed E-state index contributed by atoms with van der Waals surface area (Å²) in [4.78, 5) is 18.1. The second-order valence-electron chi connectivity index (χ2n) is 7.49. The molecule has 33 heavy (non-hydrogen) atoms. The number of nitrogens with zero attached hydrogens (tertiary/aromatic N) is 3. The molecule has 0 radical (unpaired) electrons. The molecule has 1 N–H and O–H groups in total. The Kier molecular flexibility index (Phi) is 6.07. The van der Waals surface area contributed by atoms with Crippen LogP contribution in [0.3, 0.4) is 0 Å². The lowest BCUT2D eigenvalue weighted by molar-refractivity contribution is -0.116. The molecule has 1 amide bonds. The predicted octanol–water partition coefficient (Wildman–Crippen LogP) is 3.82. The molecular weight excluding hydrogens is 456 g/mol. The molecule has 1 unspecified atom stereocenters. The number of hydrogen-bond donors (Lipinski definition) is 1. The standard InChI is InChI=1S/C25H21ClN4O2S/c1-2-32-19-13-9-17(10-14-19)23-27-21-6-4-3-5-20(21)22-24(31)28-25(29-30(22)23)33-15-16-7-11-18(26)12-8-16/h3-14,23H,2,15H2,1H3,(H,28,29,31). The summed E-state index contributed by atoms with van der Waals surface area (Å²) in [6.07, 6.45) is -0.456. The SMILES string of the molecule is CCOc1ccc(C2N=c3ccccc3=C3C(=O)NC(SCc4ccc(Cl)cc4)=NN32)cc1. The van der Waals surface area contributed by atoms with Crippen molar-refractivity contribution in [3.63, 3.8) is 0 Å². The molecule has 2 aliphatic heterocycles. The van der Waals surface area contributed by atoms with Crippen molar-refractivity contribution in [2.45, 2.75) is 18.8 Å². The van der Waals surface area contributed by atoms with Crippen molar-refractivity contribution in [1.29, 1.82) is 0 Å². The number of thioether (sulfide) groups is 1. The van der Waals surface area contributed by atoms with Gasteiger partial charge in [0, 0.05) is 16.0 Å². The normalized spacial score (nSPS) is 16.8. The lowest BCUT2D eigenvalue weighted by Crippen LogP contribution is -2.50. The van der Waals surface area contributed by atoms with Gasteiger partial charge in [0.1, 0.15) is 11.4 Å². The smallest absolute Gasteiger partial charge is 0.276 e. The summed E-state index contributed by atoms with van der Waals surface area (Å²) in [5, 5.41) is 12.2. The highest BCUT2D eigenvalue weighted by molar-refractivity contribution is 8.13. The van der Waals surface area contributed by atoms with Gasteiger partial charge in [-0.05, 0) is 48.4 Å². The van der Waals surface area contributed by atoms with Crippen LogP contribution in [0.1, 0.15) is 24.2 Å². The van der Waals surface area contributed by atoms with Gasteiger partial charge >= 0.3 is 0 Å². The Morgan fingerprint density at radius 2 is 1.82 bits per heavy atom. The number of para-hydroxylation sites is 1. The Morgan fingerprint density at radius 3 is 2.58 bits per heavy atom. The fourth-order valence-corrected chi connectivity index (χ4v) is 4.68. The number of fused-ring (bicyclic) bond motifs is 2. The van der Waals surface area contributed by atoms with Gasteiger partial charge in [-0.1, -0.05) is 65.8 Å². The summed E-state index contributed by atoms with van der Waals surface area (Å²) in [6, 6.07) is 23.0. The third-order valence-electron chi connectivity index (χ3n) is 5.29. The average molecular weight is 477 g/mol. The monoisotopic (exact) mass is 476 g/mol. The third kappa shape index (κ3) is 4.47. The zero-order valence-corrected chi connectivity index (χ0v) is 19.4. The Morgan fingerprint density at radius 1 is 1.06 bits per heavy atom. The minimum Gasteiger partial charge on any atom is -0.494 e. The number of nitrogens with one attached hydrogen (secondary N) is 1. The number of hydrazone groups is 1. The molecule has 3 aromatic carbocycles. The lowest BCUT2D eigenvalue weighted by atomic mass is 10.1. The number of benzene rings is 3. The van der Waals surface area contributed by atoms with Crippen LogP contribution in [-0.4, -0.2) is 22.7 Å². The first-order valence-electron chi connectivity index (χ1n) is 10.6. The molecule has 0 aliphatic carbocycles. The van der Waals surface area contributed by atoms with Gasteiger partial charge in [-0.25, -0.2) is 5.01 Å². The molecular formula is C25H21ClN4O2S. The first-order valence-corrected chi connectivity index (χ1v) is 11.9. The van der Waals surface area contributed by atoms with Crippen LogP contribution < -0.4 is 20.6 Å². The van der Waals surface area contributed by atoms with Crippen molar-refractivity contribution in [3.8, 4) is 5.75 Å². The summed E-state index contributed by atoms with van der Waals surface area (Å²) >= 11 is 7.45. The van der Waals surface area contributed by atoms with E-state index >= 15 is 0 Å². The van der Waals surface area contributed by atoms with Crippen molar-refractivity contribution < 1.29 is 9.53 Å². The van der Waals surface area contributed by atoms with Crippen LogP contribution in [0, 0.1) is 0 Å². The zero-order chi connectivity index (χ0) is 22.8. The highest BCUT2D eigenvalue weighted by Gasteiger charge is 2.34. The lowest BCUT2D eigenvalue weighted by Gasteiger charge is -2.34. The highest BCUT2D eigenvalue weighted by atomic mass is 35.5. The van der Waals surface area contributed by atoms with Crippen LogP contribution in [0.5, 0.6) is 5.75 Å². The Hall–Kier alpha value is -3.29. The molecule has 5 rings (SSSR count). The van der Waals surface area contributed by atoms with Crippen LogP contribution >= 0.6 is 23.4 Å². The van der Waals surface area contributed by atoms with Gasteiger partial charge in [0.25, 0.3) is 5.91 Å². The molecule has 2 aliphatic rings. The van der Waals surface area contributed by atoms with Gasteiger partial charge in [-0.15, -0.1) is 5.10 Å². The van der Waals surface area contributed by atoms with Crippen LogP contribution in [0.15, 0.2) is 82.9 Å². The Labute approximate surface area is 200 Å². The van der Waals surface area contributed by atoms with E-state index in [1.54, 1.807) is 5.01 Å². The maximum absolute atomic E-state index is 13.2. The first kappa shape index (κ1) is 21.6. The van der Waals surface area contributed by atoms with E-state index in [2.05, 4.69) is 5.32 Å². The van der Waals surface area contributed by atoms with Crippen LogP contribution in [0.25, 0.3) is 5.70 Å². The van der Waals surface area contributed by atoms with Gasteiger partial charge in [0.05, 0.1) is 12.0 Å². The summed E-state index contributed by atoms with van der Waals surface area (Å²) in [5.41, 5.74) is 2.51. The number of carbonyl (C=O) groups is 1. The van der Waals surface area contributed by atoms with Gasteiger partial charge in [-0.2, -0.15) is 0 Å². The molecule has 166 valence electrons. The number of halogens is 1. The van der Waals surface area contributed by atoms with Crippen molar-refractivity contribution in [1.82, 2.24) is 10.3 Å². The van der Waals surface area contributed by atoms with E-state index in [9.17, 15) is 4.79 Å². The molecule has 0 saturated carbocycles. The van der Waals surface area contributed by atoms with Gasteiger partial charge in [0.15, 0.2) is 11.3 Å². The maximum atomic E-state index is 13.2. The number of carbonyl (C=O) groups excluding carboxylic acids is 1. The van der Waals surface area contributed by atoms with E-state index in [4.69, 9.17) is 26.4 Å². The Bertz CT molecular complexity index is 1340. The zero-order valence-electron chi connectivity index (χ0n) is 17.9. The van der Waals surface area contributed by atoms with Crippen molar-refractivity contribution in [3.05, 3.63) is 99.5 Å². The van der Waals surface area contributed by atoms with E-state index in [1.807, 2.05) is 79.7 Å². The summed E-state index contributed by atoms with van der Waals surface area (Å²) in [5.74, 6) is 1.25. The van der Waals surface area contributed by atoms with Gasteiger partial charge in [-0.3, -0.25) is 15.1 Å². The molecule has 0 fully saturated rings. The molecule has 2 heterocycles. The number of rotatable bonds is 5. The second-order valence-corrected chi connectivity index (χ2v) is 8.89. The van der Waals surface area contributed by atoms with Crippen molar-refractivity contribution >= 4 is 40.1 Å². The van der Waals surface area contributed by atoms with Gasteiger partial charge in [0.2, 0.25) is 0 Å². The highest BCUT2D eigenvalue weighted by Crippen LogP contribution is 2.32. The molecule has 0 saturated heterocycles. The predicted molar refractivity (Wildman–Crippen MR) is 131 cm³/mol. The number of ether oxygens (including phenoxy) is 1. The van der Waals surface area contributed by atoms with E-state index in [0.29, 0.717) is 28.2 Å². The second kappa shape index (κ2) is 9.29.